The third kappa shape index (κ3) is 4.51. The summed E-state index contributed by atoms with van der Waals surface area (Å²) in [6.07, 6.45) is 12.0. The topological polar surface area (TPSA) is 0 Å². The van der Waals surface area contributed by atoms with E-state index in [-0.39, 0.29) is 0 Å². The fourth-order valence-corrected chi connectivity index (χ4v) is 1.96. The van der Waals surface area contributed by atoms with Gasteiger partial charge in [-0.25, -0.2) is 0 Å². The summed E-state index contributed by atoms with van der Waals surface area (Å²) in [6, 6.07) is 0. The van der Waals surface area contributed by atoms with Crippen LogP contribution in [-0.4, -0.2) is 0 Å². The van der Waals surface area contributed by atoms with Crippen LogP contribution in [0.4, 0.5) is 0 Å². The van der Waals surface area contributed by atoms with E-state index >= 15 is 0 Å². The SMILES string of the molecule is CC(C)=CCCC(C)C1=CCC(C)=CC1. The highest BCUT2D eigenvalue weighted by atomic mass is 14.1. The van der Waals surface area contributed by atoms with E-state index in [0.29, 0.717) is 0 Å². The summed E-state index contributed by atoms with van der Waals surface area (Å²) in [5, 5.41) is 0. The van der Waals surface area contributed by atoms with E-state index in [1.807, 2.05) is 0 Å². The van der Waals surface area contributed by atoms with Crippen molar-refractivity contribution in [3.05, 3.63) is 34.9 Å². The molecule has 0 fully saturated rings. The predicted octanol–water partition coefficient (Wildman–Crippen LogP) is 5.04. The molecule has 0 aromatic heterocycles. The van der Waals surface area contributed by atoms with Crippen molar-refractivity contribution in [1.82, 2.24) is 0 Å². The maximum Gasteiger partial charge on any atom is -0.0133 e. The molecule has 0 bridgehead atoms. The molecule has 0 saturated heterocycles. The van der Waals surface area contributed by atoms with Crippen LogP contribution in [0.15, 0.2) is 34.9 Å². The van der Waals surface area contributed by atoms with Crippen LogP contribution >= 0.6 is 0 Å². The molecule has 0 aromatic rings. The maximum absolute atomic E-state index is 2.43. The van der Waals surface area contributed by atoms with Crippen LogP contribution < -0.4 is 0 Å². The van der Waals surface area contributed by atoms with Crippen LogP contribution in [0.3, 0.4) is 0 Å². The van der Waals surface area contributed by atoms with Crippen molar-refractivity contribution in [2.45, 2.75) is 53.4 Å². The van der Waals surface area contributed by atoms with E-state index in [1.54, 1.807) is 5.57 Å². The minimum atomic E-state index is 0.755. The Labute approximate surface area is 94.8 Å². The van der Waals surface area contributed by atoms with Crippen LogP contribution in [0, 0.1) is 5.92 Å². The van der Waals surface area contributed by atoms with Gasteiger partial charge in [-0.1, -0.05) is 41.9 Å². The largest absolute Gasteiger partial charge is 0.0859 e. The second kappa shape index (κ2) is 5.95. The summed E-state index contributed by atoms with van der Waals surface area (Å²) >= 11 is 0. The van der Waals surface area contributed by atoms with E-state index in [1.165, 1.54) is 36.8 Å². The van der Waals surface area contributed by atoms with E-state index in [4.69, 9.17) is 0 Å². The zero-order valence-electron chi connectivity index (χ0n) is 10.6. The molecule has 0 N–H and O–H groups in total. The normalized spacial score (nSPS) is 17.9. The average molecular weight is 204 g/mol. The zero-order chi connectivity index (χ0) is 11.3. The van der Waals surface area contributed by atoms with Crippen molar-refractivity contribution < 1.29 is 0 Å². The molecular weight excluding hydrogens is 180 g/mol. The minimum absolute atomic E-state index is 0.755. The zero-order valence-corrected chi connectivity index (χ0v) is 10.6. The van der Waals surface area contributed by atoms with Gasteiger partial charge in [-0.15, -0.1) is 0 Å². The quantitative estimate of drug-likeness (QED) is 0.563. The minimum Gasteiger partial charge on any atom is -0.0859 e. The molecule has 1 atom stereocenters. The van der Waals surface area contributed by atoms with Gasteiger partial charge in [0.2, 0.25) is 0 Å². The molecule has 0 spiro atoms. The van der Waals surface area contributed by atoms with Crippen LogP contribution in [0.1, 0.15) is 53.4 Å². The van der Waals surface area contributed by atoms with Crippen LogP contribution in [0.5, 0.6) is 0 Å². The van der Waals surface area contributed by atoms with Crippen LogP contribution in [0.2, 0.25) is 0 Å². The first kappa shape index (κ1) is 12.3. The second-order valence-electron chi connectivity index (χ2n) is 5.00. The average Bonchev–Trinajstić information content (AvgIpc) is 2.18. The number of rotatable bonds is 4. The maximum atomic E-state index is 2.43. The summed E-state index contributed by atoms with van der Waals surface area (Å²) in [4.78, 5) is 0. The number of hydrogen-bond acceptors (Lipinski definition) is 0. The first-order chi connectivity index (χ1) is 7.09. The molecular formula is C15H24. The van der Waals surface area contributed by atoms with Crippen LogP contribution in [-0.2, 0) is 0 Å². The van der Waals surface area contributed by atoms with Crippen molar-refractivity contribution in [3.63, 3.8) is 0 Å². The van der Waals surface area contributed by atoms with Crippen molar-refractivity contribution in [3.8, 4) is 0 Å². The molecule has 1 rings (SSSR count). The van der Waals surface area contributed by atoms with Gasteiger partial charge in [-0.3, -0.25) is 0 Å². The summed E-state index contributed by atoms with van der Waals surface area (Å²) in [5.41, 5.74) is 4.61. The third-order valence-electron chi connectivity index (χ3n) is 3.16. The fourth-order valence-electron chi connectivity index (χ4n) is 1.96. The van der Waals surface area contributed by atoms with Crippen molar-refractivity contribution >= 4 is 0 Å². The Balaban J connectivity index is 2.35. The Hall–Kier alpha value is -0.780. The van der Waals surface area contributed by atoms with E-state index < -0.39 is 0 Å². The van der Waals surface area contributed by atoms with Gasteiger partial charge in [0.25, 0.3) is 0 Å². The fraction of sp³-hybridized carbons (Fsp3) is 0.600. The molecule has 0 heterocycles. The highest BCUT2D eigenvalue weighted by Gasteiger charge is 2.09. The predicted molar refractivity (Wildman–Crippen MR) is 68.9 cm³/mol. The molecule has 84 valence electrons. The van der Waals surface area contributed by atoms with Gasteiger partial charge in [0.1, 0.15) is 0 Å². The van der Waals surface area contributed by atoms with Crippen LogP contribution in [0.25, 0.3) is 0 Å². The Morgan fingerprint density at radius 2 is 2.07 bits per heavy atom. The lowest BCUT2D eigenvalue weighted by Crippen LogP contribution is -2.01. The molecule has 0 nitrogen and oxygen atoms in total. The lowest BCUT2D eigenvalue weighted by molar-refractivity contribution is 0.603. The molecule has 0 saturated carbocycles. The van der Waals surface area contributed by atoms with Gasteiger partial charge in [0.05, 0.1) is 0 Å². The van der Waals surface area contributed by atoms with Crippen molar-refractivity contribution in [2.24, 2.45) is 5.92 Å². The summed E-state index contributed by atoms with van der Waals surface area (Å²) in [6.45, 7) is 8.94. The van der Waals surface area contributed by atoms with Gasteiger partial charge < -0.3 is 0 Å². The lowest BCUT2D eigenvalue weighted by atomic mass is 9.88. The van der Waals surface area contributed by atoms with Gasteiger partial charge in [0.15, 0.2) is 0 Å². The Kier molecular flexibility index (Phi) is 4.87. The third-order valence-corrected chi connectivity index (χ3v) is 3.16. The molecule has 1 unspecified atom stereocenters. The van der Waals surface area contributed by atoms with Gasteiger partial charge in [0, 0.05) is 0 Å². The van der Waals surface area contributed by atoms with E-state index in [9.17, 15) is 0 Å². The molecule has 1 aliphatic rings. The highest BCUT2D eigenvalue weighted by molar-refractivity contribution is 5.21. The second-order valence-corrected chi connectivity index (χ2v) is 5.00. The summed E-state index contributed by atoms with van der Waals surface area (Å²) in [7, 11) is 0. The Morgan fingerprint density at radius 1 is 1.33 bits per heavy atom. The van der Waals surface area contributed by atoms with E-state index in [2.05, 4.69) is 45.9 Å². The molecule has 1 aliphatic carbocycles. The smallest absolute Gasteiger partial charge is 0.0133 e. The van der Waals surface area contributed by atoms with E-state index in [0.717, 1.165) is 5.92 Å². The molecule has 0 aromatic carbocycles. The Morgan fingerprint density at radius 3 is 2.60 bits per heavy atom. The standard InChI is InChI=1S/C15H24/c1-12(2)6-5-7-14(4)15-10-8-13(3)9-11-15/h6,8,11,14H,5,7,9-10H2,1-4H3. The molecule has 0 heteroatoms. The van der Waals surface area contributed by atoms with Gasteiger partial charge in [-0.2, -0.15) is 0 Å². The van der Waals surface area contributed by atoms with Gasteiger partial charge >= 0.3 is 0 Å². The molecule has 0 aliphatic heterocycles. The first-order valence-electron chi connectivity index (χ1n) is 6.07. The number of allylic oxidation sites excluding steroid dienone is 6. The Bertz CT molecular complexity index is 285. The molecule has 0 radical (unpaired) electrons. The molecule has 0 amide bonds. The van der Waals surface area contributed by atoms with Crippen molar-refractivity contribution in [2.75, 3.05) is 0 Å². The highest BCUT2D eigenvalue weighted by Crippen LogP contribution is 2.26. The number of hydrogen-bond donors (Lipinski definition) is 0. The molecule has 15 heavy (non-hydrogen) atoms. The first-order valence-corrected chi connectivity index (χ1v) is 6.07. The monoisotopic (exact) mass is 204 g/mol. The summed E-state index contributed by atoms with van der Waals surface area (Å²) < 4.78 is 0. The van der Waals surface area contributed by atoms with Gasteiger partial charge in [-0.05, 0) is 52.4 Å². The van der Waals surface area contributed by atoms with Crippen molar-refractivity contribution in [1.29, 1.82) is 0 Å². The summed E-state index contributed by atoms with van der Waals surface area (Å²) in [5.74, 6) is 0.755. The lowest BCUT2D eigenvalue weighted by Gasteiger charge is -2.18.